The Kier molecular flexibility index (Phi) is 5.11. The average molecular weight is 445 g/mol. The number of carbonyl (C=O) groups is 1. The fourth-order valence-electron chi connectivity index (χ4n) is 3.90. The molecule has 0 atom stereocenters. The Bertz CT molecular complexity index is 1530. The molecule has 5 rings (SSSR count). The van der Waals surface area contributed by atoms with Crippen molar-refractivity contribution in [3.05, 3.63) is 87.7 Å². The minimum absolute atomic E-state index is 0.107. The number of methoxy groups -OCH3 is 1. The molecule has 0 aliphatic carbocycles. The number of thiophene rings is 1. The zero-order valence-electron chi connectivity index (χ0n) is 17.6. The third kappa shape index (κ3) is 3.40. The predicted octanol–water partition coefficient (Wildman–Crippen LogP) is 5.27. The summed E-state index contributed by atoms with van der Waals surface area (Å²) in [5.41, 5.74) is 1.74. The lowest BCUT2D eigenvalue weighted by atomic mass is 10.0. The van der Waals surface area contributed by atoms with Crippen LogP contribution in [-0.2, 0) is 17.7 Å². The van der Waals surface area contributed by atoms with Gasteiger partial charge in [-0.25, -0.2) is 9.78 Å². The number of hydrogen-bond acceptors (Lipinski definition) is 6. The van der Waals surface area contributed by atoms with Crippen LogP contribution in [-0.4, -0.2) is 22.6 Å². The van der Waals surface area contributed by atoms with Gasteiger partial charge in [-0.05, 0) is 34.5 Å². The number of rotatable bonds is 5. The second-order valence-corrected chi connectivity index (χ2v) is 8.28. The quantitative estimate of drug-likeness (QED) is 0.345. The zero-order valence-corrected chi connectivity index (χ0v) is 18.4. The molecule has 160 valence electrons. The number of ether oxygens (including phenoxy) is 1. The molecule has 7 heteroatoms. The van der Waals surface area contributed by atoms with Crippen LogP contribution in [0.4, 0.5) is 0 Å². The summed E-state index contributed by atoms with van der Waals surface area (Å²) in [6, 6.07) is 17.6. The van der Waals surface area contributed by atoms with Gasteiger partial charge in [0.25, 0.3) is 5.56 Å². The van der Waals surface area contributed by atoms with E-state index in [1.807, 2.05) is 30.5 Å². The first-order valence-electron chi connectivity index (χ1n) is 10.3. The molecule has 0 fully saturated rings. The van der Waals surface area contributed by atoms with Crippen LogP contribution in [0, 0.1) is 0 Å². The summed E-state index contributed by atoms with van der Waals surface area (Å²) in [7, 11) is 1.30. The van der Waals surface area contributed by atoms with Gasteiger partial charge < -0.3 is 9.15 Å². The highest BCUT2D eigenvalue weighted by Gasteiger charge is 2.18. The lowest BCUT2D eigenvalue weighted by Crippen LogP contribution is -2.25. The van der Waals surface area contributed by atoms with Gasteiger partial charge in [0.05, 0.1) is 19.0 Å². The normalized spacial score (nSPS) is 11.3. The zero-order chi connectivity index (χ0) is 22.2. The molecule has 0 N–H and O–H groups in total. The second kappa shape index (κ2) is 8.09. The van der Waals surface area contributed by atoms with Crippen LogP contribution in [0.25, 0.3) is 32.1 Å². The molecule has 0 saturated carbocycles. The molecule has 6 nitrogen and oxygen atoms in total. The van der Waals surface area contributed by atoms with Crippen molar-refractivity contribution < 1.29 is 13.9 Å². The van der Waals surface area contributed by atoms with Gasteiger partial charge in [0, 0.05) is 17.4 Å². The summed E-state index contributed by atoms with van der Waals surface area (Å²) in [4.78, 5) is 30.8. The number of esters is 1. The van der Waals surface area contributed by atoms with Crippen molar-refractivity contribution in [1.82, 2.24) is 9.55 Å². The van der Waals surface area contributed by atoms with E-state index < -0.39 is 5.97 Å². The molecule has 3 heterocycles. The van der Waals surface area contributed by atoms with Crippen molar-refractivity contribution in [3.8, 4) is 11.1 Å². The monoisotopic (exact) mass is 444 g/mol. The molecule has 0 saturated heterocycles. The van der Waals surface area contributed by atoms with Crippen molar-refractivity contribution in [2.75, 3.05) is 7.11 Å². The maximum absolute atomic E-state index is 13.6. The predicted molar refractivity (Wildman–Crippen MR) is 125 cm³/mol. The Hall–Kier alpha value is -3.71. The molecule has 32 heavy (non-hydrogen) atoms. The van der Waals surface area contributed by atoms with Crippen LogP contribution >= 0.6 is 11.3 Å². The molecule has 0 spiro atoms. The number of furan rings is 1. The Morgan fingerprint density at radius 3 is 2.72 bits per heavy atom. The van der Waals surface area contributed by atoms with Gasteiger partial charge in [0.1, 0.15) is 16.4 Å². The Morgan fingerprint density at radius 1 is 1.12 bits per heavy atom. The first-order valence-corrected chi connectivity index (χ1v) is 11.1. The van der Waals surface area contributed by atoms with Crippen LogP contribution in [0.5, 0.6) is 0 Å². The van der Waals surface area contributed by atoms with Crippen molar-refractivity contribution >= 4 is 38.3 Å². The first-order chi connectivity index (χ1) is 15.6. The van der Waals surface area contributed by atoms with E-state index >= 15 is 0 Å². The first kappa shape index (κ1) is 20.2. The maximum Gasteiger partial charge on any atom is 0.373 e. The van der Waals surface area contributed by atoms with Crippen molar-refractivity contribution in [2.45, 2.75) is 19.9 Å². The van der Waals surface area contributed by atoms with Crippen molar-refractivity contribution in [1.29, 1.82) is 0 Å². The summed E-state index contributed by atoms with van der Waals surface area (Å²) in [6.07, 6.45) is 0.596. The van der Waals surface area contributed by atoms with E-state index in [1.165, 1.54) is 18.4 Å². The highest BCUT2D eigenvalue weighted by atomic mass is 32.1. The summed E-state index contributed by atoms with van der Waals surface area (Å²) < 4.78 is 11.9. The number of carbonyl (C=O) groups excluding carboxylic acids is 1. The summed E-state index contributed by atoms with van der Waals surface area (Å²) in [5, 5.41) is 4.87. The minimum Gasteiger partial charge on any atom is -0.463 e. The SMILES string of the molecule is CCc1nc2scc(-c3ccc4ccccc4c3)c2c(=O)n1Cc1ccc(C(=O)OC)o1. The van der Waals surface area contributed by atoms with Gasteiger partial charge in [0.15, 0.2) is 0 Å². The molecule has 0 aliphatic rings. The van der Waals surface area contributed by atoms with Gasteiger partial charge in [0.2, 0.25) is 5.76 Å². The number of benzene rings is 2. The van der Waals surface area contributed by atoms with Gasteiger partial charge in [-0.2, -0.15) is 0 Å². The molecule has 0 unspecified atom stereocenters. The number of aromatic nitrogens is 2. The Labute approximate surface area is 187 Å². The van der Waals surface area contributed by atoms with E-state index in [1.54, 1.807) is 16.7 Å². The lowest BCUT2D eigenvalue weighted by molar-refractivity contribution is 0.0563. The van der Waals surface area contributed by atoms with E-state index in [9.17, 15) is 9.59 Å². The molecular weight excluding hydrogens is 424 g/mol. The number of aryl methyl sites for hydroxylation is 1. The largest absolute Gasteiger partial charge is 0.463 e. The Morgan fingerprint density at radius 2 is 1.94 bits per heavy atom. The molecule has 2 aromatic carbocycles. The summed E-state index contributed by atoms with van der Waals surface area (Å²) in [6.45, 7) is 2.15. The van der Waals surface area contributed by atoms with E-state index in [-0.39, 0.29) is 17.9 Å². The molecule has 0 bridgehead atoms. The number of fused-ring (bicyclic) bond motifs is 2. The molecule has 0 amide bonds. The van der Waals surface area contributed by atoms with E-state index in [0.717, 1.165) is 26.7 Å². The van der Waals surface area contributed by atoms with Crippen LogP contribution in [0.1, 0.15) is 29.1 Å². The van der Waals surface area contributed by atoms with Gasteiger partial charge >= 0.3 is 5.97 Å². The second-order valence-electron chi connectivity index (χ2n) is 7.42. The van der Waals surface area contributed by atoms with Crippen molar-refractivity contribution in [2.24, 2.45) is 0 Å². The fraction of sp³-hybridized carbons (Fsp3) is 0.160. The lowest BCUT2D eigenvalue weighted by Gasteiger charge is -2.11. The third-order valence-electron chi connectivity index (χ3n) is 5.51. The molecular formula is C25H20N2O4S. The highest BCUT2D eigenvalue weighted by molar-refractivity contribution is 7.17. The standard InChI is InChI=1S/C25H20N2O4S/c1-3-21-26-23-22(24(28)27(21)13-18-10-11-20(31-18)25(29)30-2)19(14-32-23)17-9-8-15-6-4-5-7-16(15)12-17/h4-12,14H,3,13H2,1-2H3. The third-order valence-corrected chi connectivity index (χ3v) is 6.38. The summed E-state index contributed by atoms with van der Waals surface area (Å²) in [5.74, 6) is 0.718. The Balaban J connectivity index is 1.63. The van der Waals surface area contributed by atoms with Crippen LogP contribution in [0.3, 0.4) is 0 Å². The topological polar surface area (TPSA) is 74.3 Å². The molecule has 5 aromatic rings. The minimum atomic E-state index is -0.552. The number of hydrogen-bond donors (Lipinski definition) is 0. The molecule has 3 aromatic heterocycles. The summed E-state index contributed by atoms with van der Waals surface area (Å²) >= 11 is 1.47. The molecule has 0 radical (unpaired) electrons. The van der Waals surface area contributed by atoms with Gasteiger partial charge in [-0.1, -0.05) is 43.3 Å². The van der Waals surface area contributed by atoms with E-state index in [2.05, 4.69) is 24.3 Å². The van der Waals surface area contributed by atoms with Crippen LogP contribution < -0.4 is 5.56 Å². The van der Waals surface area contributed by atoms with E-state index in [4.69, 9.17) is 14.1 Å². The maximum atomic E-state index is 13.6. The van der Waals surface area contributed by atoms with Gasteiger partial charge in [-0.15, -0.1) is 11.3 Å². The smallest absolute Gasteiger partial charge is 0.373 e. The van der Waals surface area contributed by atoms with Crippen LogP contribution in [0.15, 0.2) is 69.2 Å². The average Bonchev–Trinajstić information content (AvgIpc) is 3.47. The van der Waals surface area contributed by atoms with Gasteiger partial charge in [-0.3, -0.25) is 9.36 Å². The highest BCUT2D eigenvalue weighted by Crippen LogP contribution is 2.33. The van der Waals surface area contributed by atoms with E-state index in [0.29, 0.717) is 23.4 Å². The fourth-order valence-corrected chi connectivity index (χ4v) is 4.85. The number of nitrogens with zero attached hydrogens (tertiary/aromatic N) is 2. The van der Waals surface area contributed by atoms with Crippen molar-refractivity contribution in [3.63, 3.8) is 0 Å². The molecule has 0 aliphatic heterocycles. The van der Waals surface area contributed by atoms with Crippen LogP contribution in [0.2, 0.25) is 0 Å².